The molecular weight excluding hydrogens is 365 g/mol. The van der Waals surface area contributed by atoms with Crippen LogP contribution in [0.15, 0.2) is 30.5 Å². The van der Waals surface area contributed by atoms with E-state index < -0.39 is 11.6 Å². The summed E-state index contributed by atoms with van der Waals surface area (Å²) in [5.41, 5.74) is 0.332. The number of fused-ring (bicyclic) bond motifs is 1. The van der Waals surface area contributed by atoms with Crippen molar-refractivity contribution in [2.24, 2.45) is 0 Å². The van der Waals surface area contributed by atoms with Crippen LogP contribution >= 0.6 is 0 Å². The van der Waals surface area contributed by atoms with Crippen LogP contribution in [0.2, 0.25) is 0 Å². The van der Waals surface area contributed by atoms with E-state index in [0.717, 1.165) is 36.6 Å². The Morgan fingerprint density at radius 1 is 1.22 bits per heavy atom. The zero-order valence-corrected chi connectivity index (χ0v) is 15.3. The van der Waals surface area contributed by atoms with Crippen LogP contribution in [-0.4, -0.2) is 22.9 Å². The molecule has 1 aromatic heterocycles. The zero-order valence-electron chi connectivity index (χ0n) is 15.3. The minimum atomic E-state index is -3.67. The number of nitro groups is 1. The van der Waals surface area contributed by atoms with Gasteiger partial charge < -0.3 is 4.74 Å². The Hall–Kier alpha value is -2.58. The number of benzene rings is 1. The Labute approximate surface area is 155 Å². The first-order valence-corrected chi connectivity index (χ1v) is 8.79. The Morgan fingerprint density at radius 2 is 1.81 bits per heavy atom. The van der Waals surface area contributed by atoms with Gasteiger partial charge in [-0.3, -0.25) is 15.3 Å². The molecule has 1 N–H and O–H groups in total. The SMILES string of the molecule is CC.FC(F)F.O=[N+]([O-])c1cc2c(OC3CCCCC3)cccc2[n+](O)c1. The van der Waals surface area contributed by atoms with Crippen LogP contribution in [0.25, 0.3) is 10.9 Å². The van der Waals surface area contributed by atoms with Crippen molar-refractivity contribution < 1.29 is 32.8 Å². The standard InChI is InChI=1S/C15H17N2O4.C2H6.CHF3/c18-16-10-11(17(19)20)9-13-14(16)7-4-8-15(13)21-12-5-2-1-3-6-12;1-2;2-1(3)4/h4,7-10,12,18H,1-3,5-6H2;1-2H3;1H/q+1;;. The Kier molecular flexibility index (Phi) is 9.32. The smallest absolute Gasteiger partial charge is 0.379 e. The van der Waals surface area contributed by atoms with Gasteiger partial charge in [0.2, 0.25) is 0 Å². The zero-order chi connectivity index (χ0) is 20.4. The van der Waals surface area contributed by atoms with Gasteiger partial charge in [-0.25, -0.2) is 0 Å². The molecule has 2 aromatic rings. The molecule has 27 heavy (non-hydrogen) atoms. The van der Waals surface area contributed by atoms with Crippen LogP contribution in [0.4, 0.5) is 18.9 Å². The van der Waals surface area contributed by atoms with E-state index in [4.69, 9.17) is 4.74 Å². The van der Waals surface area contributed by atoms with Gasteiger partial charge in [0.25, 0.3) is 11.7 Å². The van der Waals surface area contributed by atoms with Gasteiger partial charge in [-0.2, -0.15) is 13.2 Å². The number of alkyl halides is 3. The average molecular weight is 389 g/mol. The summed E-state index contributed by atoms with van der Waals surface area (Å²) in [6.07, 6.45) is 6.78. The van der Waals surface area contributed by atoms with Crippen molar-refractivity contribution in [3.8, 4) is 5.75 Å². The Morgan fingerprint density at radius 3 is 2.37 bits per heavy atom. The molecular formula is C18H24F3N2O4+. The molecule has 150 valence electrons. The van der Waals surface area contributed by atoms with E-state index in [0.29, 0.717) is 16.7 Å². The van der Waals surface area contributed by atoms with Crippen LogP contribution in [0, 0.1) is 10.1 Å². The highest BCUT2D eigenvalue weighted by atomic mass is 19.4. The van der Waals surface area contributed by atoms with Gasteiger partial charge in [-0.15, -0.1) is 0 Å². The van der Waals surface area contributed by atoms with Crippen LogP contribution in [0.1, 0.15) is 46.0 Å². The number of ether oxygens (including phenoxy) is 1. The quantitative estimate of drug-likeness (QED) is 0.339. The molecule has 9 heteroatoms. The highest BCUT2D eigenvalue weighted by Gasteiger charge is 2.22. The summed E-state index contributed by atoms with van der Waals surface area (Å²) >= 11 is 0. The van der Waals surface area contributed by atoms with E-state index >= 15 is 0 Å². The molecule has 0 amide bonds. The molecule has 1 aliphatic rings. The van der Waals surface area contributed by atoms with Crippen molar-refractivity contribution in [2.45, 2.75) is 58.7 Å². The molecule has 6 nitrogen and oxygen atoms in total. The number of aromatic nitrogens is 1. The molecule has 1 aliphatic carbocycles. The largest absolute Gasteiger partial charge is 0.490 e. The van der Waals surface area contributed by atoms with E-state index in [-0.39, 0.29) is 11.8 Å². The van der Waals surface area contributed by atoms with Crippen molar-refractivity contribution in [3.05, 3.63) is 40.6 Å². The van der Waals surface area contributed by atoms with E-state index in [9.17, 15) is 28.5 Å². The third-order valence-corrected chi connectivity index (χ3v) is 3.89. The molecule has 0 aliphatic heterocycles. The molecule has 0 radical (unpaired) electrons. The number of nitrogens with zero attached hydrogens (tertiary/aromatic N) is 2. The highest BCUT2D eigenvalue weighted by molar-refractivity contribution is 5.84. The summed E-state index contributed by atoms with van der Waals surface area (Å²) in [5, 5.41) is 21.4. The maximum Gasteiger partial charge on any atom is 0.379 e. The van der Waals surface area contributed by atoms with Gasteiger partial charge in [0.1, 0.15) is 11.1 Å². The first-order valence-electron chi connectivity index (χ1n) is 8.79. The van der Waals surface area contributed by atoms with Crippen molar-refractivity contribution >= 4 is 16.6 Å². The highest BCUT2D eigenvalue weighted by Crippen LogP contribution is 2.30. The predicted octanol–water partition coefficient (Wildman–Crippen LogP) is 5.19. The monoisotopic (exact) mass is 389 g/mol. The Balaban J connectivity index is 0.000000541. The number of hydrogen-bond donors (Lipinski definition) is 1. The molecule has 1 aromatic carbocycles. The van der Waals surface area contributed by atoms with Gasteiger partial charge in [0.05, 0.1) is 11.0 Å². The maximum atomic E-state index is 10.9. The molecule has 1 heterocycles. The first-order chi connectivity index (χ1) is 12.9. The van der Waals surface area contributed by atoms with Crippen LogP contribution < -0.4 is 9.47 Å². The summed E-state index contributed by atoms with van der Waals surface area (Å²) in [5.74, 6) is 0.589. The summed E-state index contributed by atoms with van der Waals surface area (Å²) in [7, 11) is 0. The van der Waals surface area contributed by atoms with E-state index in [1.54, 1.807) is 18.2 Å². The lowest BCUT2D eigenvalue weighted by molar-refractivity contribution is -0.885. The fraction of sp³-hybridized carbons (Fsp3) is 0.500. The molecule has 0 unspecified atom stereocenters. The molecule has 0 atom stereocenters. The molecule has 1 fully saturated rings. The van der Waals surface area contributed by atoms with Gasteiger partial charge >= 0.3 is 12.4 Å². The second kappa shape index (κ2) is 11.2. The van der Waals surface area contributed by atoms with Gasteiger partial charge in [-0.1, -0.05) is 26.3 Å². The molecule has 3 rings (SSSR count). The average Bonchev–Trinajstić information content (AvgIpc) is 2.64. The third kappa shape index (κ3) is 6.92. The van der Waals surface area contributed by atoms with Crippen molar-refractivity contribution in [1.29, 1.82) is 0 Å². The normalized spacial score (nSPS) is 14.0. The number of pyridine rings is 1. The summed E-state index contributed by atoms with van der Waals surface area (Å²) < 4.78 is 35.8. The molecule has 0 bridgehead atoms. The summed E-state index contributed by atoms with van der Waals surface area (Å²) in [6.45, 7) is 0.333. The lowest BCUT2D eigenvalue weighted by Gasteiger charge is -2.23. The van der Waals surface area contributed by atoms with Crippen LogP contribution in [-0.2, 0) is 0 Å². The van der Waals surface area contributed by atoms with Gasteiger partial charge in [0, 0.05) is 16.9 Å². The molecule has 0 saturated heterocycles. The first kappa shape index (κ1) is 22.5. The predicted molar refractivity (Wildman–Crippen MR) is 93.9 cm³/mol. The molecule has 0 spiro atoms. The lowest BCUT2D eigenvalue weighted by atomic mass is 9.98. The Bertz CT molecular complexity index is 735. The minimum absolute atomic E-state index is 0.149. The number of halogens is 3. The van der Waals surface area contributed by atoms with Gasteiger partial charge in [-0.05, 0) is 31.7 Å². The number of hydrogen-bond acceptors (Lipinski definition) is 4. The fourth-order valence-electron chi connectivity index (χ4n) is 2.82. The van der Waals surface area contributed by atoms with Crippen LogP contribution in [0.3, 0.4) is 0 Å². The fourth-order valence-corrected chi connectivity index (χ4v) is 2.82. The van der Waals surface area contributed by atoms with Crippen molar-refractivity contribution in [2.75, 3.05) is 0 Å². The third-order valence-electron chi connectivity index (χ3n) is 3.89. The minimum Gasteiger partial charge on any atom is -0.490 e. The van der Waals surface area contributed by atoms with E-state index in [2.05, 4.69) is 0 Å². The van der Waals surface area contributed by atoms with Crippen molar-refractivity contribution in [1.82, 2.24) is 0 Å². The van der Waals surface area contributed by atoms with Gasteiger partial charge in [0.15, 0.2) is 0 Å². The van der Waals surface area contributed by atoms with Crippen molar-refractivity contribution in [3.63, 3.8) is 0 Å². The maximum absolute atomic E-state index is 10.9. The topological polar surface area (TPSA) is 76.5 Å². The van der Waals surface area contributed by atoms with E-state index in [1.807, 2.05) is 13.8 Å². The molecule has 1 saturated carbocycles. The summed E-state index contributed by atoms with van der Waals surface area (Å²) in [6, 6.07) is 6.71. The second-order valence-corrected chi connectivity index (χ2v) is 5.61. The second-order valence-electron chi connectivity index (χ2n) is 5.61. The summed E-state index contributed by atoms with van der Waals surface area (Å²) in [4.78, 5) is 10.4. The lowest BCUT2D eigenvalue weighted by Crippen LogP contribution is -2.31. The van der Waals surface area contributed by atoms with E-state index in [1.165, 1.54) is 12.5 Å². The van der Waals surface area contributed by atoms with Crippen LogP contribution in [0.5, 0.6) is 5.75 Å². The number of rotatable bonds is 3.